The van der Waals surface area contributed by atoms with E-state index < -0.39 is 0 Å². The van der Waals surface area contributed by atoms with E-state index in [1.807, 2.05) is 76.0 Å². The number of nitrogens with zero attached hydrogens (tertiary/aromatic N) is 6. The van der Waals surface area contributed by atoms with Crippen molar-refractivity contribution in [3.63, 3.8) is 0 Å². The van der Waals surface area contributed by atoms with Crippen molar-refractivity contribution in [3.8, 4) is 11.8 Å². The quantitative estimate of drug-likeness (QED) is 0.101. The van der Waals surface area contributed by atoms with Crippen molar-refractivity contribution in [1.29, 1.82) is 0 Å². The number of hydrogen-bond acceptors (Lipinski definition) is 2. The predicted molar refractivity (Wildman–Crippen MR) is 188 cm³/mol. The second-order valence-electron chi connectivity index (χ2n) is 11.1. The first kappa shape index (κ1) is 35.3. The van der Waals surface area contributed by atoms with Gasteiger partial charge in [0.2, 0.25) is 0 Å². The topological polar surface area (TPSA) is 45.5 Å². The van der Waals surface area contributed by atoms with Gasteiger partial charge in [-0.2, -0.15) is 0 Å². The first-order valence-corrected chi connectivity index (χ1v) is 15.1. The second-order valence-corrected chi connectivity index (χ2v) is 11.1. The molecule has 0 saturated heterocycles. The maximum absolute atomic E-state index is 7.16. The van der Waals surface area contributed by atoms with Gasteiger partial charge in [0.15, 0.2) is 0 Å². The van der Waals surface area contributed by atoms with E-state index in [-0.39, 0.29) is 44.8 Å². The van der Waals surface area contributed by atoms with Gasteiger partial charge < -0.3 is 41.1 Å². The number of rotatable bonds is 2. The van der Waals surface area contributed by atoms with E-state index in [0.29, 0.717) is 6.67 Å². The summed E-state index contributed by atoms with van der Waals surface area (Å²) in [4.78, 5) is 8.06. The van der Waals surface area contributed by atoms with Gasteiger partial charge in [0.05, 0.1) is 6.67 Å². The SMILES string of the molecule is [Au].[Au].[C-]#Cc1ccc2c3ccccc3n(C)c2c1.[C-]#Cc1ccc2c3ccccc3n(C)c2c1.[c-]1nccn1Cn1[c-]nc2ccccc21. The third-order valence-corrected chi connectivity index (χ3v) is 8.38. The normalized spacial score (nSPS) is 10.4. The molecule has 0 saturated carbocycles. The van der Waals surface area contributed by atoms with Gasteiger partial charge >= 0.3 is 0 Å². The smallest absolute Gasteiger partial charge is 0.0558 e. The van der Waals surface area contributed by atoms with Crippen LogP contribution in [0.2, 0.25) is 0 Å². The van der Waals surface area contributed by atoms with Crippen molar-refractivity contribution in [2.45, 2.75) is 6.67 Å². The van der Waals surface area contributed by atoms with E-state index in [1.165, 1.54) is 32.6 Å². The Kier molecular flexibility index (Phi) is 11.1. The number of imidazole rings is 2. The minimum atomic E-state index is 0. The Morgan fingerprint density at radius 2 is 1.08 bits per heavy atom. The van der Waals surface area contributed by atoms with Gasteiger partial charge in [-0.15, -0.1) is 59.9 Å². The van der Waals surface area contributed by atoms with Crippen molar-refractivity contribution in [1.82, 2.24) is 28.2 Å². The summed E-state index contributed by atoms with van der Waals surface area (Å²) >= 11 is 0. The fourth-order valence-electron chi connectivity index (χ4n) is 6.03. The fraction of sp³-hybridized carbons (Fsp3) is 0.0732. The van der Waals surface area contributed by atoms with Crippen molar-refractivity contribution in [3.05, 3.63) is 158 Å². The Morgan fingerprint density at radius 1 is 0.592 bits per heavy atom. The van der Waals surface area contributed by atoms with Crippen molar-refractivity contribution < 1.29 is 44.8 Å². The number of benzene rings is 5. The number of aromatic nitrogens is 6. The molecule has 0 bridgehead atoms. The minimum absolute atomic E-state index is 0. The molecule has 49 heavy (non-hydrogen) atoms. The van der Waals surface area contributed by atoms with Crippen LogP contribution < -0.4 is 0 Å². The first-order chi connectivity index (χ1) is 23.1. The van der Waals surface area contributed by atoms with E-state index in [1.54, 1.807) is 6.20 Å². The molecule has 0 aliphatic rings. The van der Waals surface area contributed by atoms with E-state index in [4.69, 9.17) is 12.8 Å². The van der Waals surface area contributed by atoms with Crippen LogP contribution in [0.3, 0.4) is 0 Å². The zero-order chi connectivity index (χ0) is 32.3. The van der Waals surface area contributed by atoms with Gasteiger partial charge in [0, 0.05) is 115 Å². The zero-order valence-electron chi connectivity index (χ0n) is 26.5. The van der Waals surface area contributed by atoms with Crippen LogP contribution in [0.25, 0.3) is 54.6 Å². The molecular weight excluding hydrogens is 970 g/mol. The molecule has 4 aromatic heterocycles. The maximum Gasteiger partial charge on any atom is 0.0558 e. The predicted octanol–water partition coefficient (Wildman–Crippen LogP) is 7.87. The average Bonchev–Trinajstić information content (AvgIpc) is 3.92. The van der Waals surface area contributed by atoms with Crippen LogP contribution in [0.15, 0.2) is 122 Å². The Balaban J connectivity index is 0.000000141. The molecule has 4 heterocycles. The van der Waals surface area contributed by atoms with Gasteiger partial charge in [-0.1, -0.05) is 71.7 Å². The monoisotopic (exact) mass is 998 g/mol. The largest absolute Gasteiger partial charge is 0.439 e. The summed E-state index contributed by atoms with van der Waals surface area (Å²) in [6, 6.07) is 36.6. The number of fused-ring (bicyclic) bond motifs is 7. The van der Waals surface area contributed by atoms with Crippen molar-refractivity contribution in [2.75, 3.05) is 0 Å². The molecule has 0 aliphatic heterocycles. The third kappa shape index (κ3) is 6.94. The third-order valence-electron chi connectivity index (χ3n) is 8.38. The molecule has 6 nitrogen and oxygen atoms in total. The number of para-hydroxylation sites is 4. The first-order valence-electron chi connectivity index (χ1n) is 15.1. The summed E-state index contributed by atoms with van der Waals surface area (Å²) in [6.45, 7) is 0.639. The van der Waals surface area contributed by atoms with Gasteiger partial charge in [-0.3, -0.25) is 11.8 Å². The summed E-state index contributed by atoms with van der Waals surface area (Å²) in [5.41, 5.74) is 8.41. The van der Waals surface area contributed by atoms with Crippen LogP contribution >= 0.6 is 0 Å². The molecule has 0 aliphatic carbocycles. The van der Waals surface area contributed by atoms with Crippen molar-refractivity contribution in [2.24, 2.45) is 14.1 Å². The summed E-state index contributed by atoms with van der Waals surface area (Å²) < 4.78 is 8.11. The molecule has 0 unspecified atom stereocenters. The maximum atomic E-state index is 7.16. The molecular formula is C41H28Au2N6-4. The Hall–Kier alpha value is -5.02. The van der Waals surface area contributed by atoms with Crippen LogP contribution in [-0.4, -0.2) is 28.2 Å². The molecule has 0 atom stereocenters. The molecule has 8 heteroatoms. The summed E-state index contributed by atoms with van der Waals surface area (Å²) in [5.74, 6) is 4.85. The van der Waals surface area contributed by atoms with E-state index in [0.717, 1.165) is 33.2 Å². The summed E-state index contributed by atoms with van der Waals surface area (Å²) in [5, 5.41) is 4.99. The number of hydrogen-bond donors (Lipinski definition) is 0. The van der Waals surface area contributed by atoms with Crippen LogP contribution in [0.4, 0.5) is 0 Å². The molecule has 5 aromatic carbocycles. The van der Waals surface area contributed by atoms with Crippen LogP contribution in [-0.2, 0) is 65.5 Å². The number of aryl methyl sites for hydroxylation is 2. The molecule has 248 valence electrons. The Labute approximate surface area is 316 Å². The fourth-order valence-corrected chi connectivity index (χ4v) is 6.03. The Bertz CT molecular complexity index is 2480. The molecule has 0 fully saturated rings. The molecule has 9 aromatic rings. The summed E-state index contributed by atoms with van der Waals surface area (Å²) in [7, 11) is 4.11. The van der Waals surface area contributed by atoms with Gasteiger partial charge in [0.1, 0.15) is 0 Å². The second kappa shape index (κ2) is 15.5. The standard InChI is InChI=1S/2C15H10N.C11H8N4.2Au/c2*1-3-11-8-9-13-12-6-4-5-7-14(12)16(2)15(13)10-11;1-2-4-11-10(3-1)13-8-15(11)9-14-6-5-12-7-14;;/h2*4-10H,2H3;1-6H,9H2;;/q2*-1;-2;;. The minimum Gasteiger partial charge on any atom is -0.439 e. The van der Waals surface area contributed by atoms with E-state index in [9.17, 15) is 0 Å². The summed E-state index contributed by atoms with van der Waals surface area (Å²) in [6.07, 6.45) is 23.7. The average molecular weight is 999 g/mol. The van der Waals surface area contributed by atoms with Gasteiger partial charge in [-0.25, -0.2) is 0 Å². The Morgan fingerprint density at radius 3 is 1.59 bits per heavy atom. The van der Waals surface area contributed by atoms with Gasteiger partial charge in [0.25, 0.3) is 0 Å². The van der Waals surface area contributed by atoms with E-state index >= 15 is 0 Å². The molecule has 0 spiro atoms. The molecule has 0 N–H and O–H groups in total. The van der Waals surface area contributed by atoms with Crippen LogP contribution in [0.5, 0.6) is 0 Å². The van der Waals surface area contributed by atoms with Crippen molar-refractivity contribution >= 4 is 54.6 Å². The van der Waals surface area contributed by atoms with Crippen LogP contribution in [0.1, 0.15) is 11.1 Å². The zero-order valence-corrected chi connectivity index (χ0v) is 30.9. The molecule has 9 rings (SSSR count). The molecule has 0 amide bonds. The van der Waals surface area contributed by atoms with Gasteiger partial charge in [-0.05, 0) is 12.1 Å². The molecule has 2 radical (unpaired) electrons. The van der Waals surface area contributed by atoms with Crippen LogP contribution in [0, 0.1) is 37.3 Å². The van der Waals surface area contributed by atoms with E-state index in [2.05, 4.69) is 106 Å².